The van der Waals surface area contributed by atoms with Gasteiger partial charge in [-0.25, -0.2) is 0 Å². The first-order valence-corrected chi connectivity index (χ1v) is 3.24. The second-order valence-electron chi connectivity index (χ2n) is 2.17. The average Bonchev–Trinajstić information content (AvgIpc) is 2.31. The first-order chi connectivity index (χ1) is 4.83. The van der Waals surface area contributed by atoms with Gasteiger partial charge in [-0.2, -0.15) is 0 Å². The molecule has 1 aromatic heterocycles. The maximum Gasteiger partial charge on any atom is 0.133 e. The van der Waals surface area contributed by atoms with Crippen molar-refractivity contribution in [3.63, 3.8) is 0 Å². The van der Waals surface area contributed by atoms with Gasteiger partial charge in [-0.15, -0.1) is 0 Å². The highest BCUT2D eigenvalue weighted by Crippen LogP contribution is 2.01. The van der Waals surface area contributed by atoms with Crippen molar-refractivity contribution in [2.75, 3.05) is 13.7 Å². The van der Waals surface area contributed by atoms with Crippen LogP contribution in [0.4, 0.5) is 0 Å². The predicted octanol–water partition coefficient (Wildman–Crippen LogP) is 1.17. The van der Waals surface area contributed by atoms with E-state index in [0.29, 0.717) is 6.61 Å². The summed E-state index contributed by atoms with van der Waals surface area (Å²) in [5.41, 5.74) is 0.958. The Morgan fingerprint density at radius 1 is 1.70 bits per heavy atom. The fraction of sp³-hybridized carbons (Fsp3) is 0.571. The minimum atomic E-state index is 0.700. The third-order valence-electron chi connectivity index (χ3n) is 1.24. The molecule has 3 nitrogen and oxygen atoms in total. The van der Waals surface area contributed by atoms with Gasteiger partial charge in [-0.3, -0.25) is 0 Å². The summed E-state index contributed by atoms with van der Waals surface area (Å²) in [6.07, 6.45) is 0.827. The molecule has 0 amide bonds. The standard InChI is InChI=1S/C7H11NO2/c1-6-5-7(8-10-6)3-4-9-2/h5H,3-4H2,1-2H3. The Bertz CT molecular complexity index is 195. The van der Waals surface area contributed by atoms with E-state index in [1.54, 1.807) is 7.11 Å². The zero-order valence-electron chi connectivity index (χ0n) is 6.26. The summed E-state index contributed by atoms with van der Waals surface area (Å²) in [5, 5.41) is 3.80. The number of ether oxygens (including phenoxy) is 1. The molecule has 1 rings (SSSR count). The molecule has 56 valence electrons. The normalized spacial score (nSPS) is 10.2. The Kier molecular flexibility index (Phi) is 2.45. The van der Waals surface area contributed by atoms with E-state index in [2.05, 4.69) is 5.16 Å². The van der Waals surface area contributed by atoms with Crippen molar-refractivity contribution in [2.24, 2.45) is 0 Å². The van der Waals surface area contributed by atoms with Gasteiger partial charge in [0.25, 0.3) is 0 Å². The van der Waals surface area contributed by atoms with Crippen LogP contribution in [0.15, 0.2) is 10.6 Å². The number of aryl methyl sites for hydroxylation is 1. The molecule has 10 heavy (non-hydrogen) atoms. The highest BCUT2D eigenvalue weighted by Gasteiger charge is 1.97. The summed E-state index contributed by atoms with van der Waals surface area (Å²) in [4.78, 5) is 0. The van der Waals surface area contributed by atoms with Crippen molar-refractivity contribution in [2.45, 2.75) is 13.3 Å². The van der Waals surface area contributed by atoms with Gasteiger partial charge in [0.15, 0.2) is 0 Å². The lowest BCUT2D eigenvalue weighted by molar-refractivity contribution is 0.200. The van der Waals surface area contributed by atoms with Gasteiger partial charge in [-0.1, -0.05) is 5.16 Å². The highest BCUT2D eigenvalue weighted by molar-refractivity contribution is 5.03. The summed E-state index contributed by atoms with van der Waals surface area (Å²) in [5.74, 6) is 0.853. The molecular weight excluding hydrogens is 130 g/mol. The van der Waals surface area contributed by atoms with Crippen molar-refractivity contribution in [1.82, 2.24) is 5.16 Å². The number of hydrogen-bond donors (Lipinski definition) is 0. The molecule has 0 aromatic carbocycles. The minimum Gasteiger partial charge on any atom is -0.384 e. The molecule has 0 atom stereocenters. The smallest absolute Gasteiger partial charge is 0.133 e. The van der Waals surface area contributed by atoms with Crippen molar-refractivity contribution in [3.05, 3.63) is 17.5 Å². The van der Waals surface area contributed by atoms with E-state index >= 15 is 0 Å². The van der Waals surface area contributed by atoms with Crippen LogP contribution in [0.5, 0.6) is 0 Å². The van der Waals surface area contributed by atoms with Gasteiger partial charge < -0.3 is 9.26 Å². The van der Waals surface area contributed by atoms with E-state index in [-0.39, 0.29) is 0 Å². The summed E-state index contributed by atoms with van der Waals surface area (Å²) < 4.78 is 9.73. The van der Waals surface area contributed by atoms with Crippen LogP contribution in [0.2, 0.25) is 0 Å². The quantitative estimate of drug-likeness (QED) is 0.633. The van der Waals surface area contributed by atoms with Crippen LogP contribution < -0.4 is 0 Å². The number of rotatable bonds is 3. The zero-order valence-corrected chi connectivity index (χ0v) is 6.26. The van der Waals surface area contributed by atoms with Crippen LogP contribution in [0.25, 0.3) is 0 Å². The van der Waals surface area contributed by atoms with E-state index in [4.69, 9.17) is 9.26 Å². The summed E-state index contributed by atoms with van der Waals surface area (Å²) in [6.45, 7) is 2.58. The molecule has 0 aliphatic carbocycles. The maximum atomic E-state index is 4.87. The lowest BCUT2D eigenvalue weighted by Crippen LogP contribution is -1.93. The Morgan fingerprint density at radius 2 is 2.50 bits per heavy atom. The fourth-order valence-electron chi connectivity index (χ4n) is 0.742. The van der Waals surface area contributed by atoms with Gasteiger partial charge in [0, 0.05) is 19.6 Å². The molecule has 0 aliphatic heterocycles. The lowest BCUT2D eigenvalue weighted by Gasteiger charge is -1.90. The third-order valence-corrected chi connectivity index (χ3v) is 1.24. The highest BCUT2D eigenvalue weighted by atomic mass is 16.5. The second kappa shape index (κ2) is 3.37. The first kappa shape index (κ1) is 7.28. The molecule has 0 fully saturated rings. The molecule has 0 radical (unpaired) electrons. The topological polar surface area (TPSA) is 35.3 Å². The van der Waals surface area contributed by atoms with E-state index in [1.165, 1.54) is 0 Å². The van der Waals surface area contributed by atoms with E-state index < -0.39 is 0 Å². The molecule has 3 heteroatoms. The molecule has 1 aromatic rings. The third kappa shape index (κ3) is 1.84. The first-order valence-electron chi connectivity index (χ1n) is 3.24. The Hall–Kier alpha value is -0.830. The van der Waals surface area contributed by atoms with Gasteiger partial charge in [0.2, 0.25) is 0 Å². The van der Waals surface area contributed by atoms with Crippen molar-refractivity contribution >= 4 is 0 Å². The molecule has 0 saturated heterocycles. The fourth-order valence-corrected chi connectivity index (χ4v) is 0.742. The average molecular weight is 141 g/mol. The van der Waals surface area contributed by atoms with Gasteiger partial charge in [0.05, 0.1) is 12.3 Å². The molecule has 0 N–H and O–H groups in total. The van der Waals surface area contributed by atoms with Crippen molar-refractivity contribution in [1.29, 1.82) is 0 Å². The zero-order chi connectivity index (χ0) is 7.40. The SMILES string of the molecule is COCCc1cc(C)on1. The van der Waals surface area contributed by atoms with Crippen LogP contribution in [-0.2, 0) is 11.2 Å². The maximum absolute atomic E-state index is 4.87. The summed E-state index contributed by atoms with van der Waals surface area (Å²) in [7, 11) is 1.67. The molecule has 0 saturated carbocycles. The van der Waals surface area contributed by atoms with Gasteiger partial charge in [0.1, 0.15) is 5.76 Å². The Labute approximate surface area is 60.0 Å². The van der Waals surface area contributed by atoms with Crippen LogP contribution >= 0.6 is 0 Å². The van der Waals surface area contributed by atoms with Crippen LogP contribution in [-0.4, -0.2) is 18.9 Å². The van der Waals surface area contributed by atoms with Crippen molar-refractivity contribution in [3.8, 4) is 0 Å². The number of methoxy groups -OCH3 is 1. The minimum absolute atomic E-state index is 0.700. The van der Waals surface area contributed by atoms with Gasteiger partial charge in [-0.05, 0) is 6.92 Å². The molecule has 0 unspecified atom stereocenters. The number of hydrogen-bond acceptors (Lipinski definition) is 3. The second-order valence-corrected chi connectivity index (χ2v) is 2.17. The molecule has 0 bridgehead atoms. The van der Waals surface area contributed by atoms with E-state index in [0.717, 1.165) is 17.9 Å². The number of aromatic nitrogens is 1. The molecule has 0 aliphatic rings. The molecule has 0 spiro atoms. The Morgan fingerprint density at radius 3 is 3.00 bits per heavy atom. The van der Waals surface area contributed by atoms with E-state index in [9.17, 15) is 0 Å². The predicted molar refractivity (Wildman–Crippen MR) is 36.8 cm³/mol. The Balaban J connectivity index is 2.42. The number of nitrogens with zero attached hydrogens (tertiary/aromatic N) is 1. The summed E-state index contributed by atoms with van der Waals surface area (Å²) in [6, 6.07) is 1.92. The monoisotopic (exact) mass is 141 g/mol. The summed E-state index contributed by atoms with van der Waals surface area (Å²) >= 11 is 0. The van der Waals surface area contributed by atoms with Crippen LogP contribution in [0, 0.1) is 6.92 Å². The van der Waals surface area contributed by atoms with Crippen LogP contribution in [0.3, 0.4) is 0 Å². The largest absolute Gasteiger partial charge is 0.384 e. The van der Waals surface area contributed by atoms with Gasteiger partial charge >= 0.3 is 0 Å². The molecular formula is C7H11NO2. The van der Waals surface area contributed by atoms with Crippen molar-refractivity contribution < 1.29 is 9.26 Å². The molecule has 1 heterocycles. The van der Waals surface area contributed by atoms with Crippen LogP contribution in [0.1, 0.15) is 11.5 Å². The lowest BCUT2D eigenvalue weighted by atomic mass is 10.3. The van der Waals surface area contributed by atoms with E-state index in [1.807, 2.05) is 13.0 Å².